The van der Waals surface area contributed by atoms with Crippen molar-refractivity contribution in [2.45, 2.75) is 13.1 Å². The van der Waals surface area contributed by atoms with Crippen molar-refractivity contribution in [1.82, 2.24) is 25.5 Å². The van der Waals surface area contributed by atoms with E-state index >= 15 is 0 Å². The summed E-state index contributed by atoms with van der Waals surface area (Å²) in [5, 5.41) is 14.3. The van der Waals surface area contributed by atoms with E-state index in [9.17, 15) is 8.78 Å². The van der Waals surface area contributed by atoms with Crippen molar-refractivity contribution in [1.29, 1.82) is 0 Å². The summed E-state index contributed by atoms with van der Waals surface area (Å²) in [5.41, 5.74) is 0.272. The van der Waals surface area contributed by atoms with Gasteiger partial charge in [0.15, 0.2) is 5.82 Å². The summed E-state index contributed by atoms with van der Waals surface area (Å²) in [6.45, 7) is 0.561. The first-order valence-corrected chi connectivity index (χ1v) is 5.02. The van der Waals surface area contributed by atoms with E-state index in [4.69, 9.17) is 0 Å². The van der Waals surface area contributed by atoms with Gasteiger partial charge in [-0.3, -0.25) is 0 Å². The molecule has 0 aliphatic rings. The van der Waals surface area contributed by atoms with Gasteiger partial charge in [-0.25, -0.2) is 8.78 Å². The second-order valence-corrected chi connectivity index (χ2v) is 3.53. The van der Waals surface area contributed by atoms with Gasteiger partial charge in [0.25, 0.3) is 0 Å². The zero-order chi connectivity index (χ0) is 12.3. The molecule has 0 fully saturated rings. The lowest BCUT2D eigenvalue weighted by Crippen LogP contribution is -2.15. The molecule has 0 aliphatic carbocycles. The van der Waals surface area contributed by atoms with Crippen LogP contribution >= 0.6 is 0 Å². The van der Waals surface area contributed by atoms with E-state index in [1.54, 1.807) is 7.05 Å². The van der Waals surface area contributed by atoms with Gasteiger partial charge in [0.1, 0.15) is 11.6 Å². The van der Waals surface area contributed by atoms with Gasteiger partial charge in [-0.1, -0.05) is 0 Å². The summed E-state index contributed by atoms with van der Waals surface area (Å²) in [7, 11) is 1.66. The molecule has 0 saturated heterocycles. The lowest BCUT2D eigenvalue weighted by molar-refractivity contribution is 0.564. The van der Waals surface area contributed by atoms with E-state index < -0.39 is 11.6 Å². The second-order valence-electron chi connectivity index (χ2n) is 3.53. The third-order valence-corrected chi connectivity index (χ3v) is 2.16. The van der Waals surface area contributed by atoms with Crippen LogP contribution in [-0.4, -0.2) is 20.2 Å². The van der Waals surface area contributed by atoms with E-state index in [0.717, 1.165) is 18.2 Å². The topological polar surface area (TPSA) is 55.6 Å². The van der Waals surface area contributed by atoms with Gasteiger partial charge in [-0.05, 0) is 23.4 Å². The van der Waals surface area contributed by atoms with Gasteiger partial charge in [-0.15, -0.1) is 10.2 Å². The molecular weight excluding hydrogens is 228 g/mol. The van der Waals surface area contributed by atoms with Crippen molar-refractivity contribution < 1.29 is 8.78 Å². The first-order chi connectivity index (χ1) is 8.15. The van der Waals surface area contributed by atoms with Crippen LogP contribution in [0.5, 0.6) is 0 Å². The first kappa shape index (κ1) is 11.6. The highest BCUT2D eigenvalue weighted by Crippen LogP contribution is 2.09. The summed E-state index contributed by atoms with van der Waals surface area (Å²) >= 11 is 0. The molecular formula is C10H11F2N5. The quantitative estimate of drug-likeness (QED) is 0.856. The molecule has 2 rings (SSSR count). The van der Waals surface area contributed by atoms with Crippen LogP contribution in [0.2, 0.25) is 0 Å². The van der Waals surface area contributed by atoms with Crippen LogP contribution in [0.3, 0.4) is 0 Å². The Morgan fingerprint density at radius 1 is 1.29 bits per heavy atom. The molecule has 0 unspecified atom stereocenters. The molecule has 0 bridgehead atoms. The lowest BCUT2D eigenvalue weighted by atomic mass is 10.2. The van der Waals surface area contributed by atoms with Gasteiger partial charge >= 0.3 is 0 Å². The van der Waals surface area contributed by atoms with Crippen molar-refractivity contribution in [3.8, 4) is 0 Å². The van der Waals surface area contributed by atoms with Crippen molar-refractivity contribution in [3.63, 3.8) is 0 Å². The molecule has 1 N–H and O–H groups in total. The molecule has 1 aromatic heterocycles. The van der Waals surface area contributed by atoms with Gasteiger partial charge in [0.2, 0.25) is 0 Å². The zero-order valence-corrected chi connectivity index (χ0v) is 9.19. The van der Waals surface area contributed by atoms with Crippen LogP contribution in [0.25, 0.3) is 0 Å². The van der Waals surface area contributed by atoms with Crippen LogP contribution in [-0.2, 0) is 20.1 Å². The number of benzene rings is 1. The fourth-order valence-corrected chi connectivity index (χ4v) is 1.38. The Balaban J connectivity index is 1.91. The largest absolute Gasteiger partial charge is 0.305 e. The number of rotatable bonds is 4. The molecule has 0 radical (unpaired) electrons. The Morgan fingerprint density at radius 2 is 2.12 bits per heavy atom. The maximum Gasteiger partial charge on any atom is 0.188 e. The average Bonchev–Trinajstić information content (AvgIpc) is 2.69. The minimum Gasteiger partial charge on any atom is -0.305 e. The number of nitrogens with zero attached hydrogens (tertiary/aromatic N) is 4. The number of nitrogens with one attached hydrogen (secondary N) is 1. The lowest BCUT2D eigenvalue weighted by Gasteiger charge is -2.03. The summed E-state index contributed by atoms with van der Waals surface area (Å²) in [5.74, 6) is -0.392. The molecule has 0 aliphatic heterocycles. The van der Waals surface area contributed by atoms with E-state index in [1.165, 1.54) is 4.80 Å². The number of tetrazole rings is 1. The SMILES string of the molecule is Cn1nnc(CNCc2cc(F)ccc2F)n1. The Hall–Kier alpha value is -1.89. The van der Waals surface area contributed by atoms with Crippen molar-refractivity contribution in [3.05, 3.63) is 41.2 Å². The molecule has 1 aromatic carbocycles. The van der Waals surface area contributed by atoms with Crippen molar-refractivity contribution >= 4 is 0 Å². The molecule has 2 aromatic rings. The van der Waals surface area contributed by atoms with Crippen LogP contribution in [0, 0.1) is 11.6 Å². The minimum atomic E-state index is -0.458. The molecule has 90 valence electrons. The van der Waals surface area contributed by atoms with Crippen LogP contribution in [0.4, 0.5) is 8.78 Å². The molecule has 0 amide bonds. The number of hydrogen-bond donors (Lipinski definition) is 1. The second kappa shape index (κ2) is 4.96. The standard InChI is InChI=1S/C10H11F2N5/c1-17-15-10(14-16-17)6-13-5-7-4-8(11)2-3-9(7)12/h2-4,13H,5-6H2,1H3. The van der Waals surface area contributed by atoms with Crippen molar-refractivity contribution in [2.24, 2.45) is 7.05 Å². The molecule has 0 atom stereocenters. The van der Waals surface area contributed by atoms with Crippen LogP contribution < -0.4 is 5.32 Å². The Labute approximate surface area is 96.4 Å². The zero-order valence-electron chi connectivity index (χ0n) is 9.19. The maximum absolute atomic E-state index is 13.2. The van der Waals surface area contributed by atoms with Crippen LogP contribution in [0.1, 0.15) is 11.4 Å². The first-order valence-electron chi connectivity index (χ1n) is 5.02. The fraction of sp³-hybridized carbons (Fsp3) is 0.300. The van der Waals surface area contributed by atoms with Gasteiger partial charge in [-0.2, -0.15) is 4.80 Å². The molecule has 1 heterocycles. The van der Waals surface area contributed by atoms with Gasteiger partial charge in [0.05, 0.1) is 13.6 Å². The van der Waals surface area contributed by atoms with E-state index in [2.05, 4.69) is 20.7 Å². The third-order valence-electron chi connectivity index (χ3n) is 2.16. The maximum atomic E-state index is 13.2. The molecule has 0 saturated carbocycles. The molecule has 17 heavy (non-hydrogen) atoms. The van der Waals surface area contributed by atoms with E-state index in [0.29, 0.717) is 12.4 Å². The summed E-state index contributed by atoms with van der Waals surface area (Å²) in [6, 6.07) is 3.35. The number of aromatic nitrogens is 4. The smallest absolute Gasteiger partial charge is 0.188 e. The Bertz CT molecular complexity index is 511. The van der Waals surface area contributed by atoms with Gasteiger partial charge in [0, 0.05) is 12.1 Å². The highest BCUT2D eigenvalue weighted by molar-refractivity contribution is 5.18. The Kier molecular flexibility index (Phi) is 3.38. The Morgan fingerprint density at radius 3 is 2.82 bits per heavy atom. The van der Waals surface area contributed by atoms with Crippen molar-refractivity contribution in [2.75, 3.05) is 0 Å². The summed E-state index contributed by atoms with van der Waals surface area (Å²) < 4.78 is 26.1. The van der Waals surface area contributed by atoms with E-state index in [1.807, 2.05) is 0 Å². The van der Waals surface area contributed by atoms with Gasteiger partial charge < -0.3 is 5.32 Å². The number of halogens is 2. The highest BCUT2D eigenvalue weighted by Gasteiger charge is 2.04. The average molecular weight is 239 g/mol. The number of hydrogen-bond acceptors (Lipinski definition) is 4. The summed E-state index contributed by atoms with van der Waals surface area (Å²) in [6.07, 6.45) is 0. The third kappa shape index (κ3) is 3.04. The monoisotopic (exact) mass is 239 g/mol. The summed E-state index contributed by atoms with van der Waals surface area (Å²) in [4.78, 5) is 1.33. The van der Waals surface area contributed by atoms with Crippen LogP contribution in [0.15, 0.2) is 18.2 Å². The molecule has 5 nitrogen and oxygen atoms in total. The predicted molar refractivity (Wildman–Crippen MR) is 55.7 cm³/mol. The highest BCUT2D eigenvalue weighted by atomic mass is 19.1. The molecule has 7 heteroatoms. The van der Waals surface area contributed by atoms with E-state index in [-0.39, 0.29) is 12.1 Å². The minimum absolute atomic E-state index is 0.210. The number of aryl methyl sites for hydroxylation is 1. The predicted octanol–water partition coefficient (Wildman–Crippen LogP) is 0.778. The fourth-order valence-electron chi connectivity index (χ4n) is 1.38. The molecule has 0 spiro atoms. The normalized spacial score (nSPS) is 10.8.